The highest BCUT2D eigenvalue weighted by Gasteiger charge is 2.28. The average molecular weight is 514 g/mol. The van der Waals surface area contributed by atoms with Gasteiger partial charge in [0.05, 0.1) is 5.69 Å². The minimum absolute atomic E-state index is 0.00666. The normalized spacial score (nSPS) is 18.3. The highest BCUT2D eigenvalue weighted by atomic mass is 16.6. The largest absolute Gasteiger partial charge is 0.444 e. The van der Waals surface area contributed by atoms with Gasteiger partial charge in [0.2, 0.25) is 5.91 Å². The Morgan fingerprint density at radius 3 is 2.21 bits per heavy atom. The van der Waals surface area contributed by atoms with Gasteiger partial charge in [0.25, 0.3) is 0 Å². The molecule has 38 heavy (non-hydrogen) atoms. The molecule has 0 radical (unpaired) electrons. The summed E-state index contributed by atoms with van der Waals surface area (Å²) in [6.45, 7) is 6.65. The van der Waals surface area contributed by atoms with Crippen LogP contribution < -0.4 is 10.6 Å². The Bertz CT molecular complexity index is 1180. The number of hydrogen-bond acceptors (Lipinski definition) is 4. The fraction of sp³-hybridized carbons (Fsp3) is 0.406. The third kappa shape index (κ3) is 7.91. The Hall–Kier alpha value is -3.67. The lowest BCUT2D eigenvalue weighted by atomic mass is 9.81. The molecule has 3 aromatic rings. The third-order valence-corrected chi connectivity index (χ3v) is 7.08. The lowest BCUT2D eigenvalue weighted by Gasteiger charge is -2.29. The van der Waals surface area contributed by atoms with E-state index < -0.39 is 5.60 Å². The first-order valence-electron chi connectivity index (χ1n) is 13.6. The van der Waals surface area contributed by atoms with Crippen LogP contribution in [0.4, 0.5) is 4.79 Å². The van der Waals surface area contributed by atoms with Crippen molar-refractivity contribution in [3.05, 3.63) is 90.3 Å². The Morgan fingerprint density at radius 1 is 0.895 bits per heavy atom. The second kappa shape index (κ2) is 12.7. The first-order valence-corrected chi connectivity index (χ1v) is 13.6. The summed E-state index contributed by atoms with van der Waals surface area (Å²) in [5.41, 5.74) is 3.82. The molecule has 1 aliphatic rings. The van der Waals surface area contributed by atoms with Crippen LogP contribution in [-0.2, 0) is 9.53 Å². The maximum Gasteiger partial charge on any atom is 0.407 e. The van der Waals surface area contributed by atoms with Gasteiger partial charge in [-0.3, -0.25) is 9.78 Å². The van der Waals surface area contributed by atoms with Gasteiger partial charge in [-0.2, -0.15) is 0 Å². The predicted molar refractivity (Wildman–Crippen MR) is 151 cm³/mol. The van der Waals surface area contributed by atoms with E-state index in [1.807, 2.05) is 69.4 Å². The summed E-state index contributed by atoms with van der Waals surface area (Å²) in [5, 5.41) is 6.11. The van der Waals surface area contributed by atoms with Gasteiger partial charge < -0.3 is 15.4 Å². The van der Waals surface area contributed by atoms with Crippen LogP contribution in [0, 0.1) is 11.8 Å². The van der Waals surface area contributed by atoms with Crippen molar-refractivity contribution < 1.29 is 14.3 Å². The van der Waals surface area contributed by atoms with Crippen molar-refractivity contribution in [3.8, 4) is 11.1 Å². The summed E-state index contributed by atoms with van der Waals surface area (Å²) in [7, 11) is 0. The number of ether oxygens (including phenoxy) is 1. The summed E-state index contributed by atoms with van der Waals surface area (Å²) in [5.74, 6) is 0.420. The molecular weight excluding hydrogens is 474 g/mol. The molecular formula is C32H39N3O3. The summed E-state index contributed by atoms with van der Waals surface area (Å²) >= 11 is 0. The van der Waals surface area contributed by atoms with Crippen LogP contribution in [0.3, 0.4) is 0 Å². The zero-order chi connectivity index (χ0) is 27.0. The smallest absolute Gasteiger partial charge is 0.407 e. The molecule has 1 aromatic heterocycles. The SMILES string of the molecule is CC(C)(C)OC(=O)NCC1CCC(C(=O)NCC(c2ccccc2)c2cc(-c3ccccc3)ccn2)CC1. The van der Waals surface area contributed by atoms with E-state index in [1.54, 1.807) is 0 Å². The summed E-state index contributed by atoms with van der Waals surface area (Å²) in [4.78, 5) is 29.8. The quantitative estimate of drug-likeness (QED) is 0.369. The van der Waals surface area contributed by atoms with E-state index in [4.69, 9.17) is 9.72 Å². The molecule has 2 amide bonds. The van der Waals surface area contributed by atoms with E-state index in [0.717, 1.165) is 48.1 Å². The number of benzene rings is 2. The molecule has 2 aromatic carbocycles. The maximum absolute atomic E-state index is 13.2. The zero-order valence-electron chi connectivity index (χ0n) is 22.7. The number of rotatable bonds is 8. The summed E-state index contributed by atoms with van der Waals surface area (Å²) in [6, 6.07) is 24.7. The van der Waals surface area contributed by atoms with Gasteiger partial charge in [-0.1, -0.05) is 60.7 Å². The zero-order valence-corrected chi connectivity index (χ0v) is 22.7. The highest BCUT2D eigenvalue weighted by molar-refractivity contribution is 5.78. The minimum atomic E-state index is -0.504. The molecule has 0 aliphatic heterocycles. The fourth-order valence-electron chi connectivity index (χ4n) is 5.05. The molecule has 0 saturated heterocycles. The molecule has 1 unspecified atom stereocenters. The van der Waals surface area contributed by atoms with Gasteiger partial charge in [0.1, 0.15) is 5.60 Å². The van der Waals surface area contributed by atoms with Crippen molar-refractivity contribution in [3.63, 3.8) is 0 Å². The van der Waals surface area contributed by atoms with Crippen molar-refractivity contribution in [2.75, 3.05) is 13.1 Å². The van der Waals surface area contributed by atoms with Crippen molar-refractivity contribution >= 4 is 12.0 Å². The predicted octanol–water partition coefficient (Wildman–Crippen LogP) is 6.33. The lowest BCUT2D eigenvalue weighted by Crippen LogP contribution is -2.39. The fourth-order valence-corrected chi connectivity index (χ4v) is 5.05. The lowest BCUT2D eigenvalue weighted by molar-refractivity contribution is -0.126. The molecule has 1 aliphatic carbocycles. The Kier molecular flexibility index (Phi) is 9.16. The minimum Gasteiger partial charge on any atom is -0.444 e. The van der Waals surface area contributed by atoms with E-state index >= 15 is 0 Å². The number of pyridine rings is 1. The van der Waals surface area contributed by atoms with Gasteiger partial charge in [-0.05, 0) is 81.2 Å². The Labute approximate surface area is 226 Å². The number of carbonyl (C=O) groups is 2. The molecule has 6 heteroatoms. The van der Waals surface area contributed by atoms with Gasteiger partial charge >= 0.3 is 6.09 Å². The molecule has 200 valence electrons. The van der Waals surface area contributed by atoms with E-state index in [-0.39, 0.29) is 23.8 Å². The van der Waals surface area contributed by atoms with Crippen molar-refractivity contribution in [1.29, 1.82) is 0 Å². The van der Waals surface area contributed by atoms with Crippen LogP contribution in [0.2, 0.25) is 0 Å². The summed E-state index contributed by atoms with van der Waals surface area (Å²) in [6.07, 6.45) is 4.94. The number of nitrogens with zero attached hydrogens (tertiary/aromatic N) is 1. The number of amides is 2. The van der Waals surface area contributed by atoms with E-state index in [1.165, 1.54) is 0 Å². The van der Waals surface area contributed by atoms with Crippen LogP contribution in [0.25, 0.3) is 11.1 Å². The van der Waals surface area contributed by atoms with Crippen molar-refractivity contribution in [2.24, 2.45) is 11.8 Å². The van der Waals surface area contributed by atoms with E-state index in [2.05, 4.69) is 41.0 Å². The Balaban J connectivity index is 1.35. The third-order valence-electron chi connectivity index (χ3n) is 7.08. The topological polar surface area (TPSA) is 80.3 Å². The molecule has 1 fully saturated rings. The van der Waals surface area contributed by atoms with Gasteiger partial charge in [-0.25, -0.2) is 4.79 Å². The van der Waals surface area contributed by atoms with Crippen LogP contribution in [0.5, 0.6) is 0 Å². The number of aromatic nitrogens is 1. The van der Waals surface area contributed by atoms with Crippen LogP contribution >= 0.6 is 0 Å². The van der Waals surface area contributed by atoms with Gasteiger partial charge in [0.15, 0.2) is 0 Å². The number of hydrogen-bond donors (Lipinski definition) is 2. The monoisotopic (exact) mass is 513 g/mol. The molecule has 1 saturated carbocycles. The van der Waals surface area contributed by atoms with Gasteiger partial charge in [-0.15, -0.1) is 0 Å². The molecule has 0 spiro atoms. The van der Waals surface area contributed by atoms with Crippen molar-refractivity contribution in [2.45, 2.75) is 58.0 Å². The van der Waals surface area contributed by atoms with Crippen molar-refractivity contribution in [1.82, 2.24) is 15.6 Å². The second-order valence-corrected chi connectivity index (χ2v) is 11.1. The van der Waals surface area contributed by atoms with E-state index in [0.29, 0.717) is 19.0 Å². The van der Waals surface area contributed by atoms with Crippen LogP contribution in [0.1, 0.15) is 63.6 Å². The molecule has 2 N–H and O–H groups in total. The number of nitrogens with one attached hydrogen (secondary N) is 2. The summed E-state index contributed by atoms with van der Waals surface area (Å²) < 4.78 is 5.33. The molecule has 1 heterocycles. The van der Waals surface area contributed by atoms with Gasteiger partial charge in [0, 0.05) is 31.1 Å². The van der Waals surface area contributed by atoms with Crippen LogP contribution in [0.15, 0.2) is 79.0 Å². The molecule has 4 rings (SSSR count). The average Bonchev–Trinajstić information content (AvgIpc) is 2.92. The molecule has 0 bridgehead atoms. The number of alkyl carbamates (subject to hydrolysis) is 1. The number of carbonyl (C=O) groups excluding carboxylic acids is 2. The van der Waals surface area contributed by atoms with Crippen LogP contribution in [-0.4, -0.2) is 35.7 Å². The molecule has 1 atom stereocenters. The maximum atomic E-state index is 13.2. The highest BCUT2D eigenvalue weighted by Crippen LogP contribution is 2.30. The first-order chi connectivity index (χ1) is 18.3. The Morgan fingerprint density at radius 2 is 1.55 bits per heavy atom. The second-order valence-electron chi connectivity index (χ2n) is 11.1. The first kappa shape index (κ1) is 27.4. The standard InChI is InChI=1S/C32H39N3O3/c1-32(2,3)38-31(37)35-21-23-14-16-26(17-15-23)30(36)34-22-28(25-12-8-5-9-13-25)29-20-27(18-19-33-29)24-10-6-4-7-11-24/h4-13,18-20,23,26,28H,14-17,21-22H2,1-3H3,(H,34,36)(H,35,37). The molecule has 6 nitrogen and oxygen atoms in total. The van der Waals surface area contributed by atoms with E-state index in [9.17, 15) is 9.59 Å².